The van der Waals surface area contributed by atoms with E-state index >= 15 is 0 Å². The molecular weight excluding hydrogens is 241 g/mol. The number of benzene rings is 1. The van der Waals surface area contributed by atoms with Crippen molar-refractivity contribution in [3.8, 4) is 11.1 Å². The SMILES string of the molecule is CNc1cc2cc(-c3cccnc3)c(F)cc2cn1. The Balaban J connectivity index is 2.23. The summed E-state index contributed by atoms with van der Waals surface area (Å²) >= 11 is 0. The lowest BCUT2D eigenvalue weighted by Crippen LogP contribution is -1.92. The summed E-state index contributed by atoms with van der Waals surface area (Å²) in [4.78, 5) is 8.20. The molecule has 0 spiro atoms. The summed E-state index contributed by atoms with van der Waals surface area (Å²) in [7, 11) is 1.81. The fourth-order valence-electron chi connectivity index (χ4n) is 2.05. The molecule has 0 bridgehead atoms. The molecule has 2 aromatic heterocycles. The number of pyridine rings is 2. The highest BCUT2D eigenvalue weighted by molar-refractivity contribution is 5.88. The summed E-state index contributed by atoms with van der Waals surface area (Å²) in [6.07, 6.45) is 4.99. The smallest absolute Gasteiger partial charge is 0.131 e. The van der Waals surface area contributed by atoms with Gasteiger partial charge in [0.05, 0.1) is 0 Å². The lowest BCUT2D eigenvalue weighted by Gasteiger charge is -2.07. The van der Waals surface area contributed by atoms with Gasteiger partial charge in [0.25, 0.3) is 0 Å². The molecule has 19 heavy (non-hydrogen) atoms. The minimum Gasteiger partial charge on any atom is -0.373 e. The van der Waals surface area contributed by atoms with Crippen LogP contribution in [0, 0.1) is 5.82 Å². The van der Waals surface area contributed by atoms with Gasteiger partial charge in [-0.3, -0.25) is 4.98 Å². The number of halogens is 1. The van der Waals surface area contributed by atoms with Crippen LogP contribution in [0.15, 0.2) is 48.9 Å². The van der Waals surface area contributed by atoms with E-state index in [9.17, 15) is 4.39 Å². The van der Waals surface area contributed by atoms with Crippen LogP contribution in [-0.2, 0) is 0 Å². The standard InChI is InChI=1S/C15H12FN3/c1-17-15-7-11-5-13(10-3-2-4-18-8-10)14(16)6-12(11)9-19-15/h2-9H,1H3,(H,17,19). The Hall–Kier alpha value is -2.49. The van der Waals surface area contributed by atoms with Gasteiger partial charge in [-0.2, -0.15) is 0 Å². The third-order valence-corrected chi connectivity index (χ3v) is 3.04. The van der Waals surface area contributed by atoms with Crippen LogP contribution < -0.4 is 5.32 Å². The number of fused-ring (bicyclic) bond motifs is 1. The molecule has 0 saturated carbocycles. The van der Waals surface area contributed by atoms with Crippen molar-refractivity contribution in [3.63, 3.8) is 0 Å². The van der Waals surface area contributed by atoms with Crippen LogP contribution in [-0.4, -0.2) is 17.0 Å². The zero-order chi connectivity index (χ0) is 13.2. The van der Waals surface area contributed by atoms with E-state index in [0.29, 0.717) is 5.56 Å². The maximum atomic E-state index is 14.1. The Labute approximate surface area is 110 Å². The van der Waals surface area contributed by atoms with Gasteiger partial charge < -0.3 is 5.32 Å². The van der Waals surface area contributed by atoms with E-state index in [4.69, 9.17) is 0 Å². The molecule has 0 radical (unpaired) electrons. The zero-order valence-corrected chi connectivity index (χ0v) is 10.4. The molecule has 1 aromatic carbocycles. The molecule has 3 aromatic rings. The van der Waals surface area contributed by atoms with Gasteiger partial charge in [-0.25, -0.2) is 9.37 Å². The van der Waals surface area contributed by atoms with Gasteiger partial charge in [-0.05, 0) is 29.7 Å². The van der Waals surface area contributed by atoms with E-state index in [1.807, 2.05) is 18.2 Å². The zero-order valence-electron chi connectivity index (χ0n) is 10.4. The van der Waals surface area contributed by atoms with Crippen molar-refractivity contribution >= 4 is 16.6 Å². The van der Waals surface area contributed by atoms with Gasteiger partial charge in [0.15, 0.2) is 0 Å². The summed E-state index contributed by atoms with van der Waals surface area (Å²) in [5.74, 6) is 0.496. The van der Waals surface area contributed by atoms with Crippen molar-refractivity contribution in [2.75, 3.05) is 12.4 Å². The Bertz CT molecular complexity index is 726. The highest BCUT2D eigenvalue weighted by atomic mass is 19.1. The molecule has 0 fully saturated rings. The molecule has 3 nitrogen and oxygen atoms in total. The topological polar surface area (TPSA) is 37.8 Å². The maximum absolute atomic E-state index is 14.1. The van der Waals surface area contributed by atoms with Gasteiger partial charge >= 0.3 is 0 Å². The summed E-state index contributed by atoms with van der Waals surface area (Å²) in [6.45, 7) is 0. The van der Waals surface area contributed by atoms with E-state index < -0.39 is 0 Å². The van der Waals surface area contributed by atoms with E-state index in [-0.39, 0.29) is 5.82 Å². The van der Waals surface area contributed by atoms with Crippen LogP contribution in [0.1, 0.15) is 0 Å². The van der Waals surface area contributed by atoms with Crippen LogP contribution in [0.2, 0.25) is 0 Å². The summed E-state index contributed by atoms with van der Waals surface area (Å²) in [5.41, 5.74) is 1.32. The van der Waals surface area contributed by atoms with Crippen molar-refractivity contribution in [1.29, 1.82) is 0 Å². The second-order valence-electron chi connectivity index (χ2n) is 4.24. The van der Waals surface area contributed by atoms with E-state index in [1.54, 1.807) is 31.7 Å². The predicted molar refractivity (Wildman–Crippen MR) is 74.5 cm³/mol. The Morgan fingerprint density at radius 2 is 2.00 bits per heavy atom. The lowest BCUT2D eigenvalue weighted by atomic mass is 10.0. The first-order valence-electron chi connectivity index (χ1n) is 5.95. The molecule has 2 heterocycles. The number of anilines is 1. The van der Waals surface area contributed by atoms with E-state index in [0.717, 1.165) is 22.2 Å². The third kappa shape index (κ3) is 2.12. The average Bonchev–Trinajstić information content (AvgIpc) is 2.47. The third-order valence-electron chi connectivity index (χ3n) is 3.04. The fourth-order valence-corrected chi connectivity index (χ4v) is 2.05. The maximum Gasteiger partial charge on any atom is 0.131 e. The molecule has 0 aliphatic rings. The molecule has 0 aliphatic carbocycles. The summed E-state index contributed by atoms with van der Waals surface area (Å²) in [6, 6.07) is 8.87. The second kappa shape index (κ2) is 4.65. The number of aromatic nitrogens is 2. The van der Waals surface area contributed by atoms with Crippen LogP contribution in [0.25, 0.3) is 21.9 Å². The predicted octanol–water partition coefficient (Wildman–Crippen LogP) is 3.48. The van der Waals surface area contributed by atoms with Crippen LogP contribution in [0.5, 0.6) is 0 Å². The normalized spacial score (nSPS) is 10.6. The van der Waals surface area contributed by atoms with E-state index in [2.05, 4.69) is 15.3 Å². The monoisotopic (exact) mass is 253 g/mol. The highest BCUT2D eigenvalue weighted by Gasteiger charge is 2.08. The number of hydrogen-bond acceptors (Lipinski definition) is 3. The number of nitrogens with one attached hydrogen (secondary N) is 1. The van der Waals surface area contributed by atoms with Gasteiger partial charge in [0, 0.05) is 42.2 Å². The highest BCUT2D eigenvalue weighted by Crippen LogP contribution is 2.27. The molecular formula is C15H12FN3. The van der Waals surface area contributed by atoms with Crippen molar-refractivity contribution in [2.45, 2.75) is 0 Å². The first-order chi connectivity index (χ1) is 9.28. The Kier molecular flexibility index (Phi) is 2.83. The van der Waals surface area contributed by atoms with Gasteiger partial charge in [-0.1, -0.05) is 6.07 Å². The van der Waals surface area contributed by atoms with Gasteiger partial charge in [-0.15, -0.1) is 0 Å². The molecule has 0 saturated heterocycles. The van der Waals surface area contributed by atoms with Crippen molar-refractivity contribution in [3.05, 3.63) is 54.7 Å². The Morgan fingerprint density at radius 3 is 2.74 bits per heavy atom. The lowest BCUT2D eigenvalue weighted by molar-refractivity contribution is 0.633. The van der Waals surface area contributed by atoms with Crippen LogP contribution in [0.4, 0.5) is 10.2 Å². The molecule has 94 valence electrons. The summed E-state index contributed by atoms with van der Waals surface area (Å²) in [5, 5.41) is 4.70. The molecule has 3 rings (SSSR count). The van der Waals surface area contributed by atoms with E-state index in [1.165, 1.54) is 6.07 Å². The van der Waals surface area contributed by atoms with Crippen LogP contribution in [0.3, 0.4) is 0 Å². The molecule has 0 unspecified atom stereocenters. The minimum atomic E-state index is -0.264. The average molecular weight is 253 g/mol. The molecule has 0 amide bonds. The molecule has 0 atom stereocenters. The first kappa shape index (κ1) is 11.6. The largest absolute Gasteiger partial charge is 0.373 e. The molecule has 1 N–H and O–H groups in total. The van der Waals surface area contributed by atoms with Crippen molar-refractivity contribution in [2.24, 2.45) is 0 Å². The fraction of sp³-hybridized carbons (Fsp3) is 0.0667. The Morgan fingerprint density at radius 1 is 1.11 bits per heavy atom. The van der Waals surface area contributed by atoms with Crippen molar-refractivity contribution < 1.29 is 4.39 Å². The van der Waals surface area contributed by atoms with Gasteiger partial charge in [0.2, 0.25) is 0 Å². The van der Waals surface area contributed by atoms with Gasteiger partial charge in [0.1, 0.15) is 11.6 Å². The molecule has 0 aliphatic heterocycles. The number of hydrogen-bond donors (Lipinski definition) is 1. The summed E-state index contributed by atoms with van der Waals surface area (Å²) < 4.78 is 14.1. The first-order valence-corrected chi connectivity index (χ1v) is 5.95. The molecule has 4 heteroatoms. The quantitative estimate of drug-likeness (QED) is 0.759. The van der Waals surface area contributed by atoms with Crippen molar-refractivity contribution in [1.82, 2.24) is 9.97 Å². The second-order valence-corrected chi connectivity index (χ2v) is 4.24. The number of nitrogens with zero attached hydrogens (tertiary/aromatic N) is 2. The number of rotatable bonds is 2. The van der Waals surface area contributed by atoms with Crippen LogP contribution >= 0.6 is 0 Å². The minimum absolute atomic E-state index is 0.264.